The highest BCUT2D eigenvalue weighted by atomic mass is 16.1. The number of hydrogen-bond donors (Lipinski definition) is 1. The van der Waals surface area contributed by atoms with Crippen LogP contribution < -0.4 is 5.32 Å². The van der Waals surface area contributed by atoms with Crippen LogP contribution in [0.2, 0.25) is 0 Å². The predicted molar refractivity (Wildman–Crippen MR) is 76.0 cm³/mol. The first kappa shape index (κ1) is 12.7. The van der Waals surface area contributed by atoms with Gasteiger partial charge in [-0.05, 0) is 44.8 Å². The van der Waals surface area contributed by atoms with Gasteiger partial charge in [0.05, 0.1) is 12.0 Å². The molecule has 1 aliphatic carbocycles. The number of carbonyl (C=O) groups excluding carboxylic acids is 1. The van der Waals surface area contributed by atoms with E-state index < -0.39 is 0 Å². The Morgan fingerprint density at radius 3 is 2.47 bits per heavy atom. The molecule has 0 bridgehead atoms. The van der Waals surface area contributed by atoms with E-state index in [0.29, 0.717) is 6.42 Å². The van der Waals surface area contributed by atoms with Gasteiger partial charge in [-0.15, -0.1) is 0 Å². The van der Waals surface area contributed by atoms with E-state index in [-0.39, 0.29) is 11.4 Å². The lowest BCUT2D eigenvalue weighted by Crippen LogP contribution is -2.50. The van der Waals surface area contributed by atoms with E-state index in [9.17, 15) is 4.79 Å². The van der Waals surface area contributed by atoms with Crippen LogP contribution in [0.4, 0.5) is 0 Å². The first-order valence-corrected chi connectivity index (χ1v) is 7.24. The Kier molecular flexibility index (Phi) is 3.31. The van der Waals surface area contributed by atoms with Crippen LogP contribution >= 0.6 is 0 Å². The van der Waals surface area contributed by atoms with Crippen LogP contribution in [0, 0.1) is 6.92 Å². The first-order chi connectivity index (χ1) is 9.15. The van der Waals surface area contributed by atoms with Gasteiger partial charge in [-0.3, -0.25) is 4.79 Å². The second kappa shape index (κ2) is 4.97. The third-order valence-corrected chi connectivity index (χ3v) is 4.22. The van der Waals surface area contributed by atoms with Crippen molar-refractivity contribution >= 4 is 5.91 Å². The Labute approximate surface area is 115 Å². The minimum absolute atomic E-state index is 0.0994. The molecule has 1 saturated carbocycles. The summed E-state index contributed by atoms with van der Waals surface area (Å²) in [6, 6.07) is 8.22. The van der Waals surface area contributed by atoms with E-state index in [1.54, 1.807) is 0 Å². The molecule has 3 heteroatoms. The third kappa shape index (κ3) is 3.16. The van der Waals surface area contributed by atoms with E-state index in [2.05, 4.69) is 29.3 Å². The Bertz CT molecular complexity index is 458. The molecule has 0 radical (unpaired) electrons. The van der Waals surface area contributed by atoms with E-state index in [0.717, 1.165) is 24.9 Å². The minimum atomic E-state index is 0.0994. The maximum absolute atomic E-state index is 12.1. The monoisotopic (exact) mass is 258 g/mol. The van der Waals surface area contributed by atoms with Crippen molar-refractivity contribution in [3.05, 3.63) is 35.4 Å². The van der Waals surface area contributed by atoms with Crippen LogP contribution in [-0.2, 0) is 11.2 Å². The van der Waals surface area contributed by atoms with E-state index in [1.165, 1.54) is 25.1 Å². The van der Waals surface area contributed by atoms with Gasteiger partial charge in [0.2, 0.25) is 5.91 Å². The fourth-order valence-electron chi connectivity index (χ4n) is 2.67. The molecular formula is C16H22N2O. The Balaban J connectivity index is 1.51. The van der Waals surface area contributed by atoms with Gasteiger partial charge in [0, 0.05) is 6.54 Å². The summed E-state index contributed by atoms with van der Waals surface area (Å²) in [7, 11) is 0. The molecule has 3 nitrogen and oxygen atoms in total. The van der Waals surface area contributed by atoms with Crippen molar-refractivity contribution in [2.45, 2.75) is 38.1 Å². The molecular weight excluding hydrogens is 236 g/mol. The highest BCUT2D eigenvalue weighted by Gasteiger charge is 2.45. The van der Waals surface area contributed by atoms with Crippen molar-refractivity contribution in [3.63, 3.8) is 0 Å². The van der Waals surface area contributed by atoms with Crippen molar-refractivity contribution < 1.29 is 4.79 Å². The van der Waals surface area contributed by atoms with Gasteiger partial charge in [0.25, 0.3) is 0 Å². The van der Waals surface area contributed by atoms with Gasteiger partial charge >= 0.3 is 0 Å². The maximum Gasteiger partial charge on any atom is 0.224 e. The lowest BCUT2D eigenvalue weighted by atomic mass is 10.1. The Morgan fingerprint density at radius 1 is 1.26 bits per heavy atom. The molecule has 0 aromatic heterocycles. The summed E-state index contributed by atoms with van der Waals surface area (Å²) in [6.07, 6.45) is 4.10. The van der Waals surface area contributed by atoms with Gasteiger partial charge in [0.15, 0.2) is 0 Å². The summed E-state index contributed by atoms with van der Waals surface area (Å²) in [5, 5.41) is 3.25. The molecule has 1 saturated heterocycles. The Morgan fingerprint density at radius 2 is 1.95 bits per heavy atom. The first-order valence-electron chi connectivity index (χ1n) is 7.24. The topological polar surface area (TPSA) is 32.3 Å². The van der Waals surface area contributed by atoms with E-state index in [4.69, 9.17) is 0 Å². The molecule has 3 rings (SSSR count). The molecule has 1 aliphatic heterocycles. The largest absolute Gasteiger partial charge is 0.349 e. The summed E-state index contributed by atoms with van der Waals surface area (Å²) < 4.78 is 0. The molecule has 0 atom stereocenters. The molecule has 2 fully saturated rings. The number of nitrogens with one attached hydrogen (secondary N) is 1. The van der Waals surface area contributed by atoms with Crippen LogP contribution in [0.1, 0.15) is 30.4 Å². The van der Waals surface area contributed by atoms with Crippen molar-refractivity contribution in [1.82, 2.24) is 10.2 Å². The number of benzene rings is 1. The molecule has 1 N–H and O–H groups in total. The molecule has 1 heterocycles. The molecule has 2 aliphatic rings. The zero-order valence-corrected chi connectivity index (χ0v) is 11.6. The number of rotatable bonds is 5. The number of aryl methyl sites for hydroxylation is 1. The number of hydrogen-bond acceptors (Lipinski definition) is 2. The normalized spacial score (nSPS) is 20.7. The minimum Gasteiger partial charge on any atom is -0.349 e. The van der Waals surface area contributed by atoms with Crippen molar-refractivity contribution in [3.8, 4) is 0 Å². The average molecular weight is 258 g/mol. The molecule has 19 heavy (non-hydrogen) atoms. The van der Waals surface area contributed by atoms with E-state index >= 15 is 0 Å². The predicted octanol–water partition coefficient (Wildman–Crippen LogP) is 1.89. The number of amides is 1. The van der Waals surface area contributed by atoms with Crippen LogP contribution in [0.25, 0.3) is 0 Å². The van der Waals surface area contributed by atoms with Crippen molar-refractivity contribution in [1.29, 1.82) is 0 Å². The lowest BCUT2D eigenvalue weighted by Gasteiger charge is -2.34. The second-order valence-electron chi connectivity index (χ2n) is 6.12. The van der Waals surface area contributed by atoms with Crippen LogP contribution in [0.5, 0.6) is 0 Å². The maximum atomic E-state index is 12.1. The number of nitrogens with zero attached hydrogens (tertiary/aromatic N) is 1. The smallest absolute Gasteiger partial charge is 0.224 e. The van der Waals surface area contributed by atoms with Gasteiger partial charge in [-0.2, -0.15) is 0 Å². The summed E-state index contributed by atoms with van der Waals surface area (Å²) >= 11 is 0. The second-order valence-corrected chi connectivity index (χ2v) is 6.12. The van der Waals surface area contributed by atoms with Gasteiger partial charge < -0.3 is 10.2 Å². The van der Waals surface area contributed by atoms with Gasteiger partial charge in [0.1, 0.15) is 0 Å². The van der Waals surface area contributed by atoms with Crippen LogP contribution in [0.15, 0.2) is 24.3 Å². The standard InChI is InChI=1S/C16H22N2O/c1-13-3-5-14(6-4-13)11-15(19)17-16(7-8-16)12-18-9-2-10-18/h3-6H,2,7-12H2,1H3,(H,17,19). The Hall–Kier alpha value is -1.35. The van der Waals surface area contributed by atoms with Gasteiger partial charge in [-0.1, -0.05) is 29.8 Å². The molecule has 1 aromatic rings. The molecule has 0 unspecified atom stereocenters. The summed E-state index contributed by atoms with van der Waals surface area (Å²) in [5.74, 6) is 0.168. The molecule has 0 spiro atoms. The van der Waals surface area contributed by atoms with Gasteiger partial charge in [-0.25, -0.2) is 0 Å². The lowest BCUT2D eigenvalue weighted by molar-refractivity contribution is -0.121. The highest BCUT2D eigenvalue weighted by Crippen LogP contribution is 2.37. The SMILES string of the molecule is Cc1ccc(CC(=O)NC2(CN3CCC3)CC2)cc1. The molecule has 102 valence electrons. The zero-order chi connectivity index (χ0) is 13.3. The highest BCUT2D eigenvalue weighted by molar-refractivity contribution is 5.79. The third-order valence-electron chi connectivity index (χ3n) is 4.22. The van der Waals surface area contributed by atoms with Crippen molar-refractivity contribution in [2.75, 3.05) is 19.6 Å². The fourth-order valence-corrected chi connectivity index (χ4v) is 2.67. The summed E-state index contributed by atoms with van der Waals surface area (Å²) in [6.45, 7) is 5.52. The van der Waals surface area contributed by atoms with E-state index in [1.807, 2.05) is 12.1 Å². The van der Waals surface area contributed by atoms with Crippen LogP contribution in [-0.4, -0.2) is 36.0 Å². The number of likely N-dealkylation sites (tertiary alicyclic amines) is 1. The molecule has 1 aromatic carbocycles. The quantitative estimate of drug-likeness (QED) is 0.875. The summed E-state index contributed by atoms with van der Waals surface area (Å²) in [5.41, 5.74) is 2.44. The van der Waals surface area contributed by atoms with Crippen LogP contribution in [0.3, 0.4) is 0 Å². The summed E-state index contributed by atoms with van der Waals surface area (Å²) in [4.78, 5) is 14.6. The number of carbonyl (C=O) groups is 1. The van der Waals surface area contributed by atoms with Crippen molar-refractivity contribution in [2.24, 2.45) is 0 Å². The molecule has 1 amide bonds. The zero-order valence-electron chi connectivity index (χ0n) is 11.6. The average Bonchev–Trinajstić information content (AvgIpc) is 3.07. The fraction of sp³-hybridized carbons (Fsp3) is 0.562.